The Morgan fingerprint density at radius 3 is 2.15 bits per heavy atom. The molecule has 2 aromatic heterocycles. The molecule has 106 valence electrons. The van der Waals surface area contributed by atoms with Crippen molar-refractivity contribution in [1.29, 1.82) is 0 Å². The average molecular weight is 306 g/mol. The zero-order chi connectivity index (χ0) is 14.8. The molecule has 2 aromatic rings. The molecule has 0 N–H and O–H groups in total. The first-order valence-electron chi connectivity index (χ1n) is 6.58. The minimum Gasteiger partial charge on any atom is -0.293 e. The molecule has 0 fully saturated rings. The van der Waals surface area contributed by atoms with Crippen LogP contribution in [0.15, 0.2) is 29.6 Å². The van der Waals surface area contributed by atoms with Gasteiger partial charge in [0.15, 0.2) is 11.6 Å². The van der Waals surface area contributed by atoms with Crippen LogP contribution in [0.5, 0.6) is 0 Å². The van der Waals surface area contributed by atoms with Crippen LogP contribution in [0.3, 0.4) is 0 Å². The molecule has 0 bridgehead atoms. The highest BCUT2D eigenvalue weighted by molar-refractivity contribution is 7.14. The summed E-state index contributed by atoms with van der Waals surface area (Å²) in [5, 5.41) is 1.88. The van der Waals surface area contributed by atoms with Crippen molar-refractivity contribution in [3.63, 3.8) is 0 Å². The van der Waals surface area contributed by atoms with E-state index in [2.05, 4.69) is 20.8 Å². The van der Waals surface area contributed by atoms with Gasteiger partial charge in [0.2, 0.25) is 0 Å². The van der Waals surface area contributed by atoms with Crippen molar-refractivity contribution in [2.24, 2.45) is 0 Å². The smallest absolute Gasteiger partial charge is 0.173 e. The number of carbonyl (C=O) groups is 2. The van der Waals surface area contributed by atoms with E-state index >= 15 is 0 Å². The third kappa shape index (κ3) is 3.64. The summed E-state index contributed by atoms with van der Waals surface area (Å²) in [4.78, 5) is 26.7. The SMILES string of the molecule is CC(C)(C)c1ccc(C(=O)CCC(=O)c2cccs2)s1. The number of ketones is 2. The lowest BCUT2D eigenvalue weighted by Crippen LogP contribution is -2.08. The summed E-state index contributed by atoms with van der Waals surface area (Å²) in [6.07, 6.45) is 0.586. The molecule has 0 amide bonds. The summed E-state index contributed by atoms with van der Waals surface area (Å²) in [6, 6.07) is 7.55. The monoisotopic (exact) mass is 306 g/mol. The molecular formula is C16H18O2S2. The van der Waals surface area contributed by atoms with Crippen molar-refractivity contribution < 1.29 is 9.59 Å². The first-order chi connectivity index (χ1) is 9.38. The van der Waals surface area contributed by atoms with Crippen LogP contribution in [-0.2, 0) is 5.41 Å². The third-order valence-corrected chi connectivity index (χ3v) is 5.46. The van der Waals surface area contributed by atoms with Crippen molar-refractivity contribution in [3.05, 3.63) is 44.3 Å². The van der Waals surface area contributed by atoms with Crippen molar-refractivity contribution in [2.75, 3.05) is 0 Å². The van der Waals surface area contributed by atoms with Crippen LogP contribution in [-0.4, -0.2) is 11.6 Å². The molecule has 0 aliphatic rings. The molecule has 0 atom stereocenters. The Morgan fingerprint density at radius 1 is 1.00 bits per heavy atom. The molecule has 0 aromatic carbocycles. The Hall–Kier alpha value is -1.26. The van der Waals surface area contributed by atoms with Crippen LogP contribution in [0.4, 0.5) is 0 Å². The number of thiophene rings is 2. The third-order valence-electron chi connectivity index (χ3n) is 3.00. The number of Topliss-reactive ketones (excluding diaryl/α,β-unsaturated/α-hetero) is 2. The second-order valence-electron chi connectivity index (χ2n) is 5.74. The second kappa shape index (κ2) is 6.02. The van der Waals surface area contributed by atoms with E-state index in [4.69, 9.17) is 0 Å². The van der Waals surface area contributed by atoms with Crippen molar-refractivity contribution in [1.82, 2.24) is 0 Å². The van der Waals surface area contributed by atoms with Gasteiger partial charge in [-0.05, 0) is 29.0 Å². The fraction of sp³-hybridized carbons (Fsp3) is 0.375. The van der Waals surface area contributed by atoms with Gasteiger partial charge in [-0.25, -0.2) is 0 Å². The molecule has 0 saturated carbocycles. The largest absolute Gasteiger partial charge is 0.293 e. The van der Waals surface area contributed by atoms with Gasteiger partial charge in [0.05, 0.1) is 9.75 Å². The van der Waals surface area contributed by atoms with Crippen molar-refractivity contribution >= 4 is 34.2 Å². The lowest BCUT2D eigenvalue weighted by Gasteiger charge is -2.15. The molecular weight excluding hydrogens is 288 g/mol. The summed E-state index contributed by atoms with van der Waals surface area (Å²) in [7, 11) is 0. The molecule has 2 rings (SSSR count). The Labute approximate surface area is 127 Å². The lowest BCUT2D eigenvalue weighted by atomic mass is 9.95. The van der Waals surface area contributed by atoms with E-state index in [0.29, 0.717) is 12.8 Å². The molecule has 0 saturated heterocycles. The van der Waals surface area contributed by atoms with E-state index in [1.54, 1.807) is 6.07 Å². The van der Waals surface area contributed by atoms with Crippen LogP contribution >= 0.6 is 22.7 Å². The van der Waals surface area contributed by atoms with E-state index in [-0.39, 0.29) is 17.0 Å². The van der Waals surface area contributed by atoms with Gasteiger partial charge in [-0.15, -0.1) is 22.7 Å². The maximum absolute atomic E-state index is 12.1. The van der Waals surface area contributed by atoms with E-state index in [0.717, 1.165) is 9.75 Å². The highest BCUT2D eigenvalue weighted by Gasteiger charge is 2.19. The molecule has 0 radical (unpaired) electrons. The fourth-order valence-corrected chi connectivity index (χ4v) is 3.53. The first kappa shape index (κ1) is 15.1. The predicted octanol–water partition coefficient (Wildman–Crippen LogP) is 4.95. The fourth-order valence-electron chi connectivity index (χ4n) is 1.80. The molecule has 0 aliphatic carbocycles. The topological polar surface area (TPSA) is 34.1 Å². The maximum atomic E-state index is 12.1. The number of hydrogen-bond acceptors (Lipinski definition) is 4. The van der Waals surface area contributed by atoms with Crippen molar-refractivity contribution in [3.8, 4) is 0 Å². The van der Waals surface area contributed by atoms with E-state index in [9.17, 15) is 9.59 Å². The van der Waals surface area contributed by atoms with Gasteiger partial charge in [0.1, 0.15) is 0 Å². The van der Waals surface area contributed by atoms with E-state index in [1.807, 2.05) is 23.6 Å². The summed E-state index contributed by atoms with van der Waals surface area (Å²) < 4.78 is 0. The molecule has 0 unspecified atom stereocenters. The molecule has 20 heavy (non-hydrogen) atoms. The van der Waals surface area contributed by atoms with Gasteiger partial charge in [0, 0.05) is 17.7 Å². The van der Waals surface area contributed by atoms with Crippen LogP contribution < -0.4 is 0 Å². The number of carbonyl (C=O) groups excluding carboxylic acids is 2. The van der Waals surface area contributed by atoms with E-state index in [1.165, 1.54) is 27.6 Å². The first-order valence-corrected chi connectivity index (χ1v) is 8.28. The standard InChI is InChI=1S/C16H18O2S2/c1-16(2,3)15-9-8-14(20-15)12(18)7-6-11(17)13-5-4-10-19-13/h4-5,8-10H,6-7H2,1-3H3. The molecule has 4 heteroatoms. The zero-order valence-electron chi connectivity index (χ0n) is 11.9. The van der Waals surface area contributed by atoms with Gasteiger partial charge in [-0.3, -0.25) is 9.59 Å². The summed E-state index contributed by atoms with van der Waals surface area (Å²) in [5.74, 6) is 0.122. The quantitative estimate of drug-likeness (QED) is 0.732. The zero-order valence-corrected chi connectivity index (χ0v) is 13.6. The Bertz CT molecular complexity index is 601. The van der Waals surface area contributed by atoms with Crippen LogP contribution in [0, 0.1) is 0 Å². The van der Waals surface area contributed by atoms with Crippen LogP contribution in [0.25, 0.3) is 0 Å². The molecule has 2 heterocycles. The minimum absolute atomic E-state index is 0.0564. The van der Waals surface area contributed by atoms with Gasteiger partial charge < -0.3 is 0 Å². The summed E-state index contributed by atoms with van der Waals surface area (Å²) in [5.41, 5.74) is 0.0655. The number of rotatable bonds is 5. The Kier molecular flexibility index (Phi) is 4.55. The van der Waals surface area contributed by atoms with Crippen LogP contribution in [0.2, 0.25) is 0 Å². The van der Waals surface area contributed by atoms with E-state index < -0.39 is 0 Å². The normalized spacial score (nSPS) is 11.6. The molecule has 0 aliphatic heterocycles. The van der Waals surface area contributed by atoms with Gasteiger partial charge in [-0.1, -0.05) is 26.8 Å². The minimum atomic E-state index is 0.0564. The average Bonchev–Trinajstić information content (AvgIpc) is 3.04. The highest BCUT2D eigenvalue weighted by Crippen LogP contribution is 2.30. The molecule has 2 nitrogen and oxygen atoms in total. The maximum Gasteiger partial charge on any atom is 0.173 e. The van der Waals surface area contributed by atoms with Gasteiger partial charge >= 0.3 is 0 Å². The van der Waals surface area contributed by atoms with Gasteiger partial charge in [0.25, 0.3) is 0 Å². The lowest BCUT2D eigenvalue weighted by molar-refractivity contribution is 0.0921. The van der Waals surface area contributed by atoms with Crippen LogP contribution in [0.1, 0.15) is 57.8 Å². The second-order valence-corrected chi connectivity index (χ2v) is 7.77. The highest BCUT2D eigenvalue weighted by atomic mass is 32.1. The summed E-state index contributed by atoms with van der Waals surface area (Å²) >= 11 is 2.97. The Morgan fingerprint density at radius 2 is 1.65 bits per heavy atom. The van der Waals surface area contributed by atoms with Gasteiger partial charge in [-0.2, -0.15) is 0 Å². The molecule has 0 spiro atoms. The van der Waals surface area contributed by atoms with Crippen molar-refractivity contribution in [2.45, 2.75) is 39.0 Å². The number of hydrogen-bond donors (Lipinski definition) is 0. The predicted molar refractivity (Wildman–Crippen MR) is 85.2 cm³/mol. The summed E-state index contributed by atoms with van der Waals surface area (Å²) in [6.45, 7) is 6.40. The Balaban J connectivity index is 1.95.